The number of allylic oxidation sites excluding steroid dienone is 12. The third kappa shape index (κ3) is 16.0. The highest BCUT2D eigenvalue weighted by Gasteiger charge is 2.44. The first-order chi connectivity index (χ1) is 18.9. The number of hydrogen-bond acceptors (Lipinski definition) is 7. The lowest BCUT2D eigenvalue weighted by Crippen LogP contribution is -2.64. The zero-order valence-corrected chi connectivity index (χ0v) is 22.9. The molecule has 1 rings (SSSR count). The Labute approximate surface area is 232 Å². The predicted octanol–water partition coefficient (Wildman–Crippen LogP) is 2.50. The molecule has 218 valence electrons. The van der Waals surface area contributed by atoms with Gasteiger partial charge in [0.05, 0.1) is 13.2 Å². The lowest BCUT2D eigenvalue weighted by Gasteiger charge is -2.40. The molecule has 0 saturated carbocycles. The number of amides is 2. The average Bonchev–Trinajstić information content (AvgIpc) is 2.93. The molecule has 1 aliphatic heterocycles. The van der Waals surface area contributed by atoms with Gasteiger partial charge in [0.1, 0.15) is 24.4 Å². The molecule has 0 bridgehead atoms. The van der Waals surface area contributed by atoms with Gasteiger partial charge in [-0.15, -0.1) is 0 Å². The summed E-state index contributed by atoms with van der Waals surface area (Å²) < 4.78 is 4.98. The molecule has 0 spiro atoms. The van der Waals surface area contributed by atoms with Crippen molar-refractivity contribution in [1.82, 2.24) is 10.6 Å². The van der Waals surface area contributed by atoms with E-state index in [2.05, 4.69) is 78.3 Å². The molecule has 0 aromatic heterocycles. The molecule has 1 aliphatic rings. The highest BCUT2D eigenvalue weighted by Crippen LogP contribution is 2.19. The summed E-state index contributed by atoms with van der Waals surface area (Å²) in [6.45, 7) is 1.19. The summed E-state index contributed by atoms with van der Waals surface area (Å²) in [5.74, 6) is -0.968. The molecule has 39 heavy (non-hydrogen) atoms. The van der Waals surface area contributed by atoms with Gasteiger partial charge < -0.3 is 35.8 Å². The van der Waals surface area contributed by atoms with Gasteiger partial charge in [-0.3, -0.25) is 9.59 Å². The van der Waals surface area contributed by atoms with Gasteiger partial charge in [0.2, 0.25) is 11.8 Å². The maximum Gasteiger partial charge on any atom is 0.239 e. The van der Waals surface area contributed by atoms with Crippen LogP contribution in [0.3, 0.4) is 0 Å². The SMILES string of the molecule is CC/C=C\C/C=C\C/C=C\C/C=C\C/C=C\C/C=C\CCC(=O)NCC(=O)N[C@H]1C(O)[C@H](O)C(CO)O[C@H]1O. The number of aliphatic hydroxyl groups is 4. The molecule has 2 amide bonds. The highest BCUT2D eigenvalue weighted by atomic mass is 16.6. The predicted molar refractivity (Wildman–Crippen MR) is 152 cm³/mol. The highest BCUT2D eigenvalue weighted by molar-refractivity contribution is 5.84. The lowest BCUT2D eigenvalue weighted by atomic mass is 9.97. The lowest BCUT2D eigenvalue weighted by molar-refractivity contribution is -0.253. The van der Waals surface area contributed by atoms with Crippen LogP contribution in [0.4, 0.5) is 0 Å². The Morgan fingerprint density at radius 2 is 1.21 bits per heavy atom. The van der Waals surface area contributed by atoms with Gasteiger partial charge in [-0.2, -0.15) is 0 Å². The summed E-state index contributed by atoms with van der Waals surface area (Å²) in [5, 5.41) is 43.6. The monoisotopic (exact) mass is 546 g/mol. The van der Waals surface area contributed by atoms with E-state index < -0.39 is 43.2 Å². The van der Waals surface area contributed by atoms with E-state index in [1.807, 2.05) is 12.2 Å². The van der Waals surface area contributed by atoms with E-state index in [1.165, 1.54) is 0 Å². The molecule has 1 saturated heterocycles. The maximum absolute atomic E-state index is 12.0. The van der Waals surface area contributed by atoms with Crippen molar-refractivity contribution in [2.24, 2.45) is 0 Å². The molecule has 1 heterocycles. The fourth-order valence-electron chi connectivity index (χ4n) is 3.61. The minimum absolute atomic E-state index is 0.212. The van der Waals surface area contributed by atoms with Gasteiger partial charge in [0, 0.05) is 6.42 Å². The van der Waals surface area contributed by atoms with Crippen LogP contribution in [-0.4, -0.2) is 76.0 Å². The second-order valence-corrected chi connectivity index (χ2v) is 9.05. The molecule has 9 heteroatoms. The molecular formula is C30H46N2O7. The van der Waals surface area contributed by atoms with Crippen molar-refractivity contribution in [2.75, 3.05) is 13.2 Å². The van der Waals surface area contributed by atoms with Crippen molar-refractivity contribution in [3.05, 3.63) is 72.9 Å². The quantitative estimate of drug-likeness (QED) is 0.145. The van der Waals surface area contributed by atoms with Gasteiger partial charge in [-0.25, -0.2) is 0 Å². The van der Waals surface area contributed by atoms with Crippen LogP contribution in [0.25, 0.3) is 0 Å². The first kappa shape index (κ1) is 34.2. The van der Waals surface area contributed by atoms with Crippen molar-refractivity contribution >= 4 is 11.8 Å². The van der Waals surface area contributed by atoms with E-state index in [0.717, 1.165) is 38.5 Å². The third-order valence-electron chi connectivity index (χ3n) is 5.81. The Balaban J connectivity index is 2.09. The fraction of sp³-hybridized carbons (Fsp3) is 0.533. The smallest absolute Gasteiger partial charge is 0.239 e. The minimum atomic E-state index is -1.60. The molecule has 0 aliphatic carbocycles. The summed E-state index contributed by atoms with van der Waals surface area (Å²) >= 11 is 0. The van der Waals surface area contributed by atoms with Crippen LogP contribution in [0.15, 0.2) is 72.9 Å². The largest absolute Gasteiger partial charge is 0.394 e. The Kier molecular flexibility index (Phi) is 19.3. The number of rotatable bonds is 18. The van der Waals surface area contributed by atoms with Gasteiger partial charge in [0.15, 0.2) is 6.29 Å². The Morgan fingerprint density at radius 1 is 0.718 bits per heavy atom. The fourth-order valence-corrected chi connectivity index (χ4v) is 3.61. The van der Waals surface area contributed by atoms with E-state index in [1.54, 1.807) is 0 Å². The number of hydrogen-bond donors (Lipinski definition) is 6. The Morgan fingerprint density at radius 3 is 1.69 bits per heavy atom. The first-order valence-corrected chi connectivity index (χ1v) is 13.7. The number of carbonyl (C=O) groups excluding carboxylic acids is 2. The number of carbonyl (C=O) groups is 2. The van der Waals surface area contributed by atoms with E-state index in [9.17, 15) is 24.9 Å². The summed E-state index contributed by atoms with van der Waals surface area (Å²) in [4.78, 5) is 24.0. The third-order valence-corrected chi connectivity index (χ3v) is 5.81. The van der Waals surface area contributed by atoms with E-state index in [-0.39, 0.29) is 18.9 Å². The van der Waals surface area contributed by atoms with Gasteiger partial charge in [-0.05, 0) is 44.9 Å². The topological polar surface area (TPSA) is 148 Å². The molecule has 0 aromatic carbocycles. The first-order valence-electron chi connectivity index (χ1n) is 13.7. The normalized spacial score (nSPS) is 24.3. The minimum Gasteiger partial charge on any atom is -0.394 e. The maximum atomic E-state index is 12.0. The van der Waals surface area contributed by atoms with Crippen LogP contribution in [-0.2, 0) is 14.3 Å². The second kappa shape index (κ2) is 22.0. The van der Waals surface area contributed by atoms with Crippen LogP contribution < -0.4 is 10.6 Å². The molecule has 6 N–H and O–H groups in total. The van der Waals surface area contributed by atoms with E-state index in [4.69, 9.17) is 9.84 Å². The van der Waals surface area contributed by atoms with Crippen molar-refractivity contribution in [3.63, 3.8) is 0 Å². The molecular weight excluding hydrogens is 500 g/mol. The molecule has 2 unspecified atom stereocenters. The van der Waals surface area contributed by atoms with Crippen LogP contribution >= 0.6 is 0 Å². The molecule has 5 atom stereocenters. The van der Waals surface area contributed by atoms with Crippen molar-refractivity contribution in [1.29, 1.82) is 0 Å². The Bertz CT molecular complexity index is 863. The molecule has 0 aromatic rings. The summed E-state index contributed by atoms with van der Waals surface area (Å²) in [5.41, 5.74) is 0. The van der Waals surface area contributed by atoms with Gasteiger partial charge >= 0.3 is 0 Å². The summed E-state index contributed by atoms with van der Waals surface area (Å²) in [6.07, 6.45) is 26.0. The van der Waals surface area contributed by atoms with E-state index in [0.29, 0.717) is 6.42 Å². The van der Waals surface area contributed by atoms with Crippen LogP contribution in [0.2, 0.25) is 0 Å². The van der Waals surface area contributed by atoms with E-state index >= 15 is 0 Å². The van der Waals surface area contributed by atoms with Crippen LogP contribution in [0.1, 0.15) is 58.3 Å². The summed E-state index contributed by atoms with van der Waals surface area (Å²) in [6, 6.07) is -1.29. The van der Waals surface area contributed by atoms with Gasteiger partial charge in [0.25, 0.3) is 0 Å². The average molecular weight is 547 g/mol. The molecule has 9 nitrogen and oxygen atoms in total. The standard InChI is InChI=1S/C30H46N2O7/c1-2-3-4-5-6-7-8-9-10-11-12-13-14-15-16-17-18-19-20-21-25(34)31-22-26(35)32-27-29(37)28(36)24(23-33)39-30(27)38/h3-4,6-7,9-10,12-13,15-16,18-19,24,27-30,33,36-38H,2,5,8,11,14,17,20-23H2,1H3,(H,31,34)(H,32,35)/b4-3-,7-6-,10-9-,13-12-,16-15-,19-18-/t24?,27-,28+,29?,30+/m0/s1. The van der Waals surface area contributed by atoms with Crippen molar-refractivity contribution in [3.8, 4) is 0 Å². The number of ether oxygens (including phenoxy) is 1. The summed E-state index contributed by atoms with van der Waals surface area (Å²) in [7, 11) is 0. The van der Waals surface area contributed by atoms with Crippen molar-refractivity contribution in [2.45, 2.75) is 88.9 Å². The number of aliphatic hydroxyl groups excluding tert-OH is 4. The van der Waals surface area contributed by atoms with Crippen LogP contribution in [0, 0.1) is 0 Å². The zero-order chi connectivity index (χ0) is 28.7. The zero-order valence-electron chi connectivity index (χ0n) is 22.9. The van der Waals surface area contributed by atoms with Crippen LogP contribution in [0.5, 0.6) is 0 Å². The molecule has 1 fully saturated rings. The van der Waals surface area contributed by atoms with Crippen molar-refractivity contribution < 1.29 is 34.8 Å². The molecule has 0 radical (unpaired) electrons. The Hall–Kier alpha value is -2.82. The van der Waals surface area contributed by atoms with Gasteiger partial charge in [-0.1, -0.05) is 79.8 Å². The second-order valence-electron chi connectivity index (χ2n) is 9.05. The number of nitrogens with one attached hydrogen (secondary N) is 2.